The van der Waals surface area contributed by atoms with Gasteiger partial charge in [0.1, 0.15) is 30.2 Å². The van der Waals surface area contributed by atoms with Crippen molar-refractivity contribution in [2.45, 2.75) is 38.0 Å². The van der Waals surface area contributed by atoms with Crippen LogP contribution in [0.4, 0.5) is 0 Å². The van der Waals surface area contributed by atoms with Gasteiger partial charge in [-0.15, -0.1) is 0 Å². The van der Waals surface area contributed by atoms with Crippen LogP contribution in [0.5, 0.6) is 11.5 Å². The van der Waals surface area contributed by atoms with E-state index in [1.54, 1.807) is 36.4 Å². The van der Waals surface area contributed by atoms with Gasteiger partial charge >= 0.3 is 0 Å². The monoisotopic (exact) mass is 629 g/mol. The summed E-state index contributed by atoms with van der Waals surface area (Å²) in [4.78, 5) is 55.5. The molecule has 0 aliphatic carbocycles. The molecule has 242 valence electrons. The van der Waals surface area contributed by atoms with E-state index < -0.39 is 42.1 Å². The normalized spacial score (nSPS) is 19.8. The van der Waals surface area contributed by atoms with Crippen LogP contribution in [0.3, 0.4) is 0 Å². The van der Waals surface area contributed by atoms with Gasteiger partial charge in [-0.05, 0) is 41.0 Å². The molecule has 12 heteroatoms. The van der Waals surface area contributed by atoms with Crippen molar-refractivity contribution in [3.8, 4) is 11.5 Å². The number of carbonyl (C=O) groups excluding carboxylic acids is 4. The van der Waals surface area contributed by atoms with Crippen molar-refractivity contribution in [3.05, 3.63) is 95.1 Å². The highest BCUT2D eigenvalue weighted by molar-refractivity contribution is 6.01. The number of phenols is 1. The van der Waals surface area contributed by atoms with E-state index in [1.807, 2.05) is 24.3 Å². The fourth-order valence-electron chi connectivity index (χ4n) is 5.29. The first-order valence-electron chi connectivity index (χ1n) is 15.4. The number of hydrogen-bond acceptors (Lipinski definition) is 8. The highest BCUT2D eigenvalue weighted by Gasteiger charge is 2.29. The zero-order chi connectivity index (χ0) is 32.3. The molecular weight excluding hydrogens is 590 g/mol. The van der Waals surface area contributed by atoms with Crippen molar-refractivity contribution in [3.63, 3.8) is 0 Å². The second kappa shape index (κ2) is 15.9. The Labute approximate surface area is 267 Å². The summed E-state index contributed by atoms with van der Waals surface area (Å²) in [7, 11) is 0. The van der Waals surface area contributed by atoms with Crippen LogP contribution >= 0.6 is 0 Å². The maximum Gasteiger partial charge on any atom is 0.255 e. The molecule has 0 bridgehead atoms. The van der Waals surface area contributed by atoms with Gasteiger partial charge in [-0.3, -0.25) is 24.1 Å². The molecular formula is C34H39N5O7. The van der Waals surface area contributed by atoms with Crippen LogP contribution < -0.4 is 26.0 Å². The van der Waals surface area contributed by atoms with E-state index in [1.165, 1.54) is 12.1 Å². The summed E-state index contributed by atoms with van der Waals surface area (Å²) in [5.41, 5.74) is 2.92. The lowest BCUT2D eigenvalue weighted by Crippen LogP contribution is -2.53. The Balaban J connectivity index is 1.29. The number of carbonyl (C=O) groups is 4. The van der Waals surface area contributed by atoms with Crippen molar-refractivity contribution in [2.24, 2.45) is 0 Å². The Morgan fingerprint density at radius 1 is 0.870 bits per heavy atom. The predicted octanol–water partition coefficient (Wildman–Crippen LogP) is 1.27. The van der Waals surface area contributed by atoms with Gasteiger partial charge in [0, 0.05) is 32.6 Å². The van der Waals surface area contributed by atoms with E-state index in [9.17, 15) is 24.3 Å². The van der Waals surface area contributed by atoms with Crippen molar-refractivity contribution < 1.29 is 33.8 Å². The molecule has 1 fully saturated rings. The Morgan fingerprint density at radius 2 is 1.57 bits per heavy atom. The highest BCUT2D eigenvalue weighted by atomic mass is 16.5. The van der Waals surface area contributed by atoms with Crippen molar-refractivity contribution >= 4 is 23.6 Å². The smallest absolute Gasteiger partial charge is 0.255 e. The third-order valence-electron chi connectivity index (χ3n) is 7.83. The summed E-state index contributed by atoms with van der Waals surface area (Å²) >= 11 is 0. The van der Waals surface area contributed by atoms with E-state index in [2.05, 4.69) is 26.2 Å². The van der Waals surface area contributed by atoms with Gasteiger partial charge in [-0.1, -0.05) is 48.5 Å². The molecule has 0 saturated carbocycles. The fraction of sp³-hybridized carbons (Fsp3) is 0.353. The molecule has 5 N–H and O–H groups in total. The average molecular weight is 630 g/mol. The van der Waals surface area contributed by atoms with Gasteiger partial charge < -0.3 is 35.8 Å². The number of hydrogen-bond donors (Lipinski definition) is 5. The van der Waals surface area contributed by atoms with Gasteiger partial charge in [0.05, 0.1) is 31.7 Å². The topological polar surface area (TPSA) is 158 Å². The maximum absolute atomic E-state index is 13.5. The molecule has 2 heterocycles. The van der Waals surface area contributed by atoms with E-state index in [0.717, 1.165) is 44.0 Å². The van der Waals surface area contributed by atoms with Gasteiger partial charge in [0.25, 0.3) is 5.91 Å². The Morgan fingerprint density at radius 3 is 2.33 bits per heavy atom. The van der Waals surface area contributed by atoms with Crippen molar-refractivity contribution in [1.82, 2.24) is 26.2 Å². The number of phenolic OH excluding ortho intramolecular Hbond substituents is 1. The molecule has 0 spiro atoms. The largest absolute Gasteiger partial charge is 0.508 e. The van der Waals surface area contributed by atoms with Crippen LogP contribution in [0, 0.1) is 0 Å². The number of morpholine rings is 1. The average Bonchev–Trinajstić information content (AvgIpc) is 3.06. The minimum Gasteiger partial charge on any atom is -0.508 e. The molecule has 5 rings (SSSR count). The zero-order valence-corrected chi connectivity index (χ0v) is 25.5. The molecule has 2 atom stereocenters. The molecule has 12 nitrogen and oxygen atoms in total. The zero-order valence-electron chi connectivity index (χ0n) is 25.5. The molecule has 2 aliphatic heterocycles. The third-order valence-corrected chi connectivity index (χ3v) is 7.83. The molecule has 46 heavy (non-hydrogen) atoms. The standard InChI is InChI=1S/C34H39N5O7/c40-26-11-9-23(10-12-26)19-28-33(43)35-13-16-46-30-4-2-1-3-27(30)32(42)38-29(20-31(41)37-28)34(44)36-21-24-5-7-25(8-6-24)22-39-14-17-45-18-15-39/h1-12,28-29,40H,13-22H2,(H,35,43)(H,36,44)(H,37,41)(H,38,42)/t28-,29-/m0/s1. The Bertz CT molecular complexity index is 1510. The predicted molar refractivity (Wildman–Crippen MR) is 169 cm³/mol. The van der Waals surface area contributed by atoms with Crippen LogP contribution in [0.2, 0.25) is 0 Å². The molecule has 3 aromatic rings. The summed E-state index contributed by atoms with van der Waals surface area (Å²) in [6.45, 7) is 4.44. The number of rotatable bonds is 7. The number of ether oxygens (including phenoxy) is 2. The first-order valence-corrected chi connectivity index (χ1v) is 15.4. The lowest BCUT2D eigenvalue weighted by molar-refractivity contribution is -0.131. The highest BCUT2D eigenvalue weighted by Crippen LogP contribution is 2.19. The lowest BCUT2D eigenvalue weighted by Gasteiger charge is -2.26. The number of nitrogens with zero attached hydrogens (tertiary/aromatic N) is 1. The summed E-state index contributed by atoms with van der Waals surface area (Å²) in [5.74, 6) is -1.78. The minimum absolute atomic E-state index is 0.0745. The summed E-state index contributed by atoms with van der Waals surface area (Å²) in [6.07, 6.45) is -0.259. The first-order chi connectivity index (χ1) is 22.3. The lowest BCUT2D eigenvalue weighted by atomic mass is 10.0. The number of benzene rings is 3. The second-order valence-electron chi connectivity index (χ2n) is 11.3. The molecule has 3 aromatic carbocycles. The van der Waals surface area contributed by atoms with Gasteiger partial charge in [-0.25, -0.2) is 0 Å². The van der Waals surface area contributed by atoms with E-state index in [-0.39, 0.29) is 43.2 Å². The number of amides is 4. The van der Waals surface area contributed by atoms with Gasteiger partial charge in [0.15, 0.2) is 0 Å². The first kappa shape index (κ1) is 32.5. The number of fused-ring (bicyclic) bond motifs is 1. The summed E-state index contributed by atoms with van der Waals surface area (Å²) in [6, 6.07) is 18.6. The van der Waals surface area contributed by atoms with Crippen molar-refractivity contribution in [1.29, 1.82) is 0 Å². The fourth-order valence-corrected chi connectivity index (χ4v) is 5.29. The molecule has 1 saturated heterocycles. The van der Waals surface area contributed by atoms with Crippen LogP contribution in [-0.2, 0) is 38.6 Å². The summed E-state index contributed by atoms with van der Waals surface area (Å²) in [5, 5.41) is 20.7. The van der Waals surface area contributed by atoms with E-state index in [0.29, 0.717) is 5.56 Å². The Kier molecular flexibility index (Phi) is 11.2. The third kappa shape index (κ3) is 9.29. The summed E-state index contributed by atoms with van der Waals surface area (Å²) < 4.78 is 11.2. The van der Waals surface area contributed by atoms with E-state index >= 15 is 0 Å². The molecule has 4 amide bonds. The quantitative estimate of drug-likeness (QED) is 0.262. The van der Waals surface area contributed by atoms with Gasteiger partial charge in [-0.2, -0.15) is 0 Å². The van der Waals surface area contributed by atoms with Crippen LogP contribution in [-0.4, -0.2) is 85.2 Å². The SMILES string of the molecule is O=C1C[C@@H](C(=O)NCc2ccc(CN3CCOCC3)cc2)NC(=O)c2ccccc2OCCNC(=O)[C@H](Cc2ccc(O)cc2)N1. The molecule has 0 aromatic heterocycles. The Hall–Kier alpha value is -4.94. The molecule has 2 aliphatic rings. The number of para-hydroxylation sites is 1. The van der Waals surface area contributed by atoms with Crippen LogP contribution in [0.25, 0.3) is 0 Å². The number of aromatic hydroxyl groups is 1. The van der Waals surface area contributed by atoms with Gasteiger partial charge in [0.2, 0.25) is 17.7 Å². The minimum atomic E-state index is -1.23. The van der Waals surface area contributed by atoms with Crippen LogP contribution in [0.15, 0.2) is 72.8 Å². The van der Waals surface area contributed by atoms with Crippen molar-refractivity contribution in [2.75, 3.05) is 39.5 Å². The molecule has 0 unspecified atom stereocenters. The molecule has 0 radical (unpaired) electrons. The van der Waals surface area contributed by atoms with E-state index in [4.69, 9.17) is 9.47 Å². The number of nitrogens with one attached hydrogen (secondary N) is 4. The van der Waals surface area contributed by atoms with Crippen LogP contribution in [0.1, 0.15) is 33.5 Å². The maximum atomic E-state index is 13.5. The second-order valence-corrected chi connectivity index (χ2v) is 11.3.